The molecule has 0 saturated carbocycles. The van der Waals surface area contributed by atoms with Gasteiger partial charge < -0.3 is 5.73 Å². The van der Waals surface area contributed by atoms with Crippen molar-refractivity contribution in [2.75, 3.05) is 0 Å². The molecule has 2 rings (SSSR count). The number of halogens is 4. The number of rotatable bonds is 3. The Hall–Kier alpha value is -0.420. The van der Waals surface area contributed by atoms with E-state index in [2.05, 4.69) is 31.9 Å². The highest BCUT2D eigenvalue weighted by Crippen LogP contribution is 2.27. The fraction of sp³-hybridized carbons (Fsp3) is 0.143. The first-order valence-corrected chi connectivity index (χ1v) is 7.57. The Morgan fingerprint density at radius 1 is 1.11 bits per heavy atom. The lowest BCUT2D eigenvalue weighted by Gasteiger charge is -2.14. The summed E-state index contributed by atoms with van der Waals surface area (Å²) < 4.78 is 14.9. The van der Waals surface area contributed by atoms with Crippen molar-refractivity contribution in [2.24, 2.45) is 5.73 Å². The molecule has 19 heavy (non-hydrogen) atoms. The summed E-state index contributed by atoms with van der Waals surface area (Å²) >= 11 is 12.9. The van der Waals surface area contributed by atoms with Crippen LogP contribution in [0.1, 0.15) is 17.2 Å². The van der Waals surface area contributed by atoms with Crippen LogP contribution < -0.4 is 5.73 Å². The van der Waals surface area contributed by atoms with Crippen LogP contribution in [0.15, 0.2) is 45.3 Å². The van der Waals surface area contributed by atoms with Crippen molar-refractivity contribution in [1.82, 2.24) is 0 Å². The molecule has 0 saturated heterocycles. The van der Waals surface area contributed by atoms with Gasteiger partial charge in [0, 0.05) is 20.0 Å². The third kappa shape index (κ3) is 4.02. The Labute approximate surface area is 133 Å². The number of hydrogen-bond donors (Lipinski definition) is 1. The smallest absolute Gasteiger partial charge is 0.124 e. The molecule has 0 aliphatic carbocycles. The summed E-state index contributed by atoms with van der Waals surface area (Å²) in [5.74, 6) is -0.340. The topological polar surface area (TPSA) is 26.0 Å². The number of benzene rings is 2. The van der Waals surface area contributed by atoms with E-state index in [4.69, 9.17) is 17.3 Å². The SMILES string of the molecule is NC(Cc1ccc(F)cc1Cl)c1cc(Br)cc(Br)c1. The summed E-state index contributed by atoms with van der Waals surface area (Å²) in [4.78, 5) is 0. The monoisotopic (exact) mass is 405 g/mol. The molecule has 0 fully saturated rings. The van der Waals surface area contributed by atoms with Gasteiger partial charge >= 0.3 is 0 Å². The van der Waals surface area contributed by atoms with Crippen molar-refractivity contribution in [3.8, 4) is 0 Å². The molecule has 2 aromatic carbocycles. The van der Waals surface area contributed by atoms with Crippen LogP contribution in [-0.2, 0) is 6.42 Å². The molecule has 0 aliphatic rings. The second-order valence-electron chi connectivity index (χ2n) is 4.25. The van der Waals surface area contributed by atoms with Crippen LogP contribution in [-0.4, -0.2) is 0 Å². The van der Waals surface area contributed by atoms with Gasteiger partial charge in [0.05, 0.1) is 0 Å². The van der Waals surface area contributed by atoms with Gasteiger partial charge in [-0.3, -0.25) is 0 Å². The molecule has 1 nitrogen and oxygen atoms in total. The van der Waals surface area contributed by atoms with Gasteiger partial charge in [-0.1, -0.05) is 49.5 Å². The van der Waals surface area contributed by atoms with E-state index < -0.39 is 0 Å². The van der Waals surface area contributed by atoms with Crippen LogP contribution in [0.25, 0.3) is 0 Å². The molecule has 2 N–H and O–H groups in total. The third-order valence-corrected chi connectivity index (χ3v) is 4.04. The zero-order valence-electron chi connectivity index (χ0n) is 9.84. The lowest BCUT2D eigenvalue weighted by atomic mass is 10.00. The van der Waals surface area contributed by atoms with Crippen molar-refractivity contribution < 1.29 is 4.39 Å². The minimum absolute atomic E-state index is 0.197. The third-order valence-electron chi connectivity index (χ3n) is 2.77. The summed E-state index contributed by atoms with van der Waals surface area (Å²) in [7, 11) is 0. The maximum Gasteiger partial charge on any atom is 0.124 e. The van der Waals surface area contributed by atoms with Crippen LogP contribution in [0.5, 0.6) is 0 Å². The highest BCUT2D eigenvalue weighted by Gasteiger charge is 2.11. The molecule has 0 radical (unpaired) electrons. The van der Waals surface area contributed by atoms with Gasteiger partial charge in [-0.05, 0) is 47.9 Å². The van der Waals surface area contributed by atoms with Gasteiger partial charge in [-0.15, -0.1) is 0 Å². The van der Waals surface area contributed by atoms with Crippen molar-refractivity contribution in [1.29, 1.82) is 0 Å². The molecule has 2 aromatic rings. The average Bonchev–Trinajstić information content (AvgIpc) is 2.31. The van der Waals surface area contributed by atoms with Crippen molar-refractivity contribution in [2.45, 2.75) is 12.5 Å². The van der Waals surface area contributed by atoms with E-state index in [0.29, 0.717) is 11.4 Å². The standard InChI is InChI=1S/C14H11Br2ClFN/c15-10-3-9(4-11(16)6-10)14(19)5-8-1-2-12(18)7-13(8)17/h1-4,6-7,14H,5,19H2. The van der Waals surface area contributed by atoms with E-state index in [9.17, 15) is 4.39 Å². The summed E-state index contributed by atoms with van der Waals surface area (Å²) in [6, 6.07) is 10.0. The fourth-order valence-electron chi connectivity index (χ4n) is 1.83. The Balaban J connectivity index is 2.22. The van der Waals surface area contributed by atoms with Gasteiger partial charge in [-0.2, -0.15) is 0 Å². The predicted octanol–water partition coefficient (Wildman–Crippen LogP) is 5.25. The van der Waals surface area contributed by atoms with Gasteiger partial charge in [0.25, 0.3) is 0 Å². The molecule has 0 aromatic heterocycles. The average molecular weight is 408 g/mol. The highest BCUT2D eigenvalue weighted by molar-refractivity contribution is 9.11. The van der Waals surface area contributed by atoms with Gasteiger partial charge in [-0.25, -0.2) is 4.39 Å². The molecular weight excluding hydrogens is 396 g/mol. The lowest BCUT2D eigenvalue weighted by molar-refractivity contribution is 0.625. The molecule has 0 bridgehead atoms. The largest absolute Gasteiger partial charge is 0.324 e. The molecule has 0 heterocycles. The second kappa shape index (κ2) is 6.35. The Morgan fingerprint density at radius 3 is 2.32 bits per heavy atom. The molecule has 1 unspecified atom stereocenters. The predicted molar refractivity (Wildman–Crippen MR) is 83.9 cm³/mol. The molecule has 0 spiro atoms. The fourth-order valence-corrected chi connectivity index (χ4v) is 3.40. The molecular formula is C14H11Br2ClFN. The van der Waals surface area contributed by atoms with Crippen molar-refractivity contribution in [3.05, 3.63) is 67.3 Å². The Kier molecular flexibility index (Phi) is 5.01. The first kappa shape index (κ1) is 15.0. The van der Waals surface area contributed by atoms with E-state index in [1.54, 1.807) is 6.07 Å². The van der Waals surface area contributed by atoms with E-state index in [0.717, 1.165) is 20.1 Å². The molecule has 0 aliphatic heterocycles. The van der Waals surface area contributed by atoms with Gasteiger partial charge in [0.15, 0.2) is 0 Å². The van der Waals surface area contributed by atoms with Crippen LogP contribution in [0.3, 0.4) is 0 Å². The first-order valence-electron chi connectivity index (χ1n) is 5.61. The number of nitrogens with two attached hydrogens (primary N) is 1. The quantitative estimate of drug-likeness (QED) is 0.739. The maximum atomic E-state index is 13.0. The molecule has 1 atom stereocenters. The Morgan fingerprint density at radius 2 is 1.74 bits per heavy atom. The van der Waals surface area contributed by atoms with Crippen molar-refractivity contribution >= 4 is 43.5 Å². The van der Waals surface area contributed by atoms with E-state index in [1.807, 2.05) is 18.2 Å². The lowest BCUT2D eigenvalue weighted by Crippen LogP contribution is -2.13. The number of hydrogen-bond acceptors (Lipinski definition) is 1. The zero-order chi connectivity index (χ0) is 14.0. The summed E-state index contributed by atoms with van der Waals surface area (Å²) in [6.45, 7) is 0. The van der Waals surface area contributed by atoms with Gasteiger partial charge in [0.2, 0.25) is 0 Å². The van der Waals surface area contributed by atoms with Gasteiger partial charge in [0.1, 0.15) is 5.82 Å². The van der Waals surface area contributed by atoms with Crippen LogP contribution in [0.4, 0.5) is 4.39 Å². The molecule has 0 amide bonds. The van der Waals surface area contributed by atoms with E-state index >= 15 is 0 Å². The zero-order valence-corrected chi connectivity index (χ0v) is 13.8. The molecule has 100 valence electrons. The normalized spacial score (nSPS) is 12.5. The summed E-state index contributed by atoms with van der Waals surface area (Å²) in [5, 5.41) is 0.407. The highest BCUT2D eigenvalue weighted by atomic mass is 79.9. The first-order chi connectivity index (χ1) is 8.95. The minimum atomic E-state index is -0.340. The van der Waals surface area contributed by atoms with Crippen LogP contribution in [0.2, 0.25) is 5.02 Å². The Bertz CT molecular complexity index is 584. The second-order valence-corrected chi connectivity index (χ2v) is 6.49. The maximum absolute atomic E-state index is 13.0. The van der Waals surface area contributed by atoms with Crippen molar-refractivity contribution in [3.63, 3.8) is 0 Å². The van der Waals surface area contributed by atoms with Crippen LogP contribution in [0, 0.1) is 5.82 Å². The summed E-state index contributed by atoms with van der Waals surface area (Å²) in [5.41, 5.74) is 8.00. The molecule has 5 heteroatoms. The van der Waals surface area contributed by atoms with Crippen LogP contribution >= 0.6 is 43.5 Å². The summed E-state index contributed by atoms with van der Waals surface area (Å²) in [6.07, 6.45) is 0.558. The van der Waals surface area contributed by atoms with E-state index in [1.165, 1.54) is 12.1 Å². The van der Waals surface area contributed by atoms with E-state index in [-0.39, 0.29) is 11.9 Å². The minimum Gasteiger partial charge on any atom is -0.324 e.